The minimum Gasteiger partial charge on any atom is -0.393 e. The van der Waals surface area contributed by atoms with Crippen LogP contribution >= 0.6 is 0 Å². The molecule has 4 nitrogen and oxygen atoms in total. The molecule has 88 valence electrons. The minimum absolute atomic E-state index is 0.0488. The van der Waals surface area contributed by atoms with Gasteiger partial charge in [-0.2, -0.15) is 0 Å². The topological polar surface area (TPSA) is 61.4 Å². The van der Waals surface area contributed by atoms with Crippen molar-refractivity contribution in [3.8, 4) is 0 Å². The molecule has 3 atom stereocenters. The lowest BCUT2D eigenvalue weighted by Gasteiger charge is -2.20. The number of carbonyl (C=O) groups excluding carboxylic acids is 1. The van der Waals surface area contributed by atoms with E-state index in [2.05, 4.69) is 17.2 Å². The van der Waals surface area contributed by atoms with Crippen molar-refractivity contribution in [3.05, 3.63) is 12.7 Å². The fourth-order valence-electron chi connectivity index (χ4n) is 1.41. The highest BCUT2D eigenvalue weighted by Crippen LogP contribution is 1.98. The molecular formula is C11H22N2O2. The van der Waals surface area contributed by atoms with Crippen LogP contribution in [0.1, 0.15) is 27.2 Å². The summed E-state index contributed by atoms with van der Waals surface area (Å²) in [7, 11) is 0. The maximum atomic E-state index is 11.4. The number of nitrogens with one attached hydrogen (secondary N) is 2. The van der Waals surface area contributed by atoms with Crippen molar-refractivity contribution in [2.45, 2.75) is 45.4 Å². The molecule has 1 amide bonds. The van der Waals surface area contributed by atoms with Crippen molar-refractivity contribution < 1.29 is 9.90 Å². The molecule has 0 fully saturated rings. The van der Waals surface area contributed by atoms with Gasteiger partial charge in [0.1, 0.15) is 0 Å². The molecule has 0 aromatic carbocycles. The number of amides is 1. The molecule has 3 unspecified atom stereocenters. The Labute approximate surface area is 91.8 Å². The molecule has 0 aliphatic carbocycles. The summed E-state index contributed by atoms with van der Waals surface area (Å²) in [5.74, 6) is -0.0488. The van der Waals surface area contributed by atoms with Crippen molar-refractivity contribution in [2.75, 3.05) is 6.54 Å². The maximum Gasteiger partial charge on any atom is 0.237 e. The largest absolute Gasteiger partial charge is 0.393 e. The molecule has 0 aromatic rings. The summed E-state index contributed by atoms with van der Waals surface area (Å²) >= 11 is 0. The molecule has 0 saturated heterocycles. The van der Waals surface area contributed by atoms with Crippen molar-refractivity contribution in [1.29, 1.82) is 0 Å². The smallest absolute Gasteiger partial charge is 0.237 e. The molecule has 0 rings (SSSR count). The van der Waals surface area contributed by atoms with Crippen LogP contribution in [-0.4, -0.2) is 35.7 Å². The van der Waals surface area contributed by atoms with Crippen molar-refractivity contribution >= 4 is 5.91 Å². The third kappa shape index (κ3) is 7.11. The molecule has 0 radical (unpaired) electrons. The van der Waals surface area contributed by atoms with Gasteiger partial charge in [-0.05, 0) is 27.2 Å². The van der Waals surface area contributed by atoms with Gasteiger partial charge in [-0.3, -0.25) is 4.79 Å². The standard InChI is InChI=1S/C11H22N2O2/c1-5-6-12-11(15)10(4)13-8(2)7-9(3)14/h5,8-10,13-14H,1,6-7H2,2-4H3,(H,12,15). The van der Waals surface area contributed by atoms with Gasteiger partial charge in [-0.1, -0.05) is 6.08 Å². The first kappa shape index (κ1) is 14.1. The Hall–Kier alpha value is -0.870. The third-order valence-electron chi connectivity index (χ3n) is 2.04. The first-order valence-corrected chi connectivity index (χ1v) is 5.30. The van der Waals surface area contributed by atoms with Crippen molar-refractivity contribution in [1.82, 2.24) is 10.6 Å². The van der Waals surface area contributed by atoms with Crippen LogP contribution in [0.5, 0.6) is 0 Å². The van der Waals surface area contributed by atoms with Gasteiger partial charge in [0.15, 0.2) is 0 Å². The van der Waals surface area contributed by atoms with Gasteiger partial charge in [0, 0.05) is 12.6 Å². The van der Waals surface area contributed by atoms with E-state index in [1.54, 1.807) is 19.9 Å². The number of hydrogen-bond donors (Lipinski definition) is 3. The Kier molecular flexibility index (Phi) is 6.99. The van der Waals surface area contributed by atoms with Crippen LogP contribution in [0.15, 0.2) is 12.7 Å². The molecule has 0 bridgehead atoms. The monoisotopic (exact) mass is 214 g/mol. The Bertz CT molecular complexity index is 205. The van der Waals surface area contributed by atoms with E-state index in [1.165, 1.54) is 0 Å². The molecule has 4 heteroatoms. The van der Waals surface area contributed by atoms with Gasteiger partial charge < -0.3 is 15.7 Å². The van der Waals surface area contributed by atoms with Gasteiger partial charge in [-0.15, -0.1) is 6.58 Å². The fourth-order valence-corrected chi connectivity index (χ4v) is 1.41. The first-order chi connectivity index (χ1) is 6.97. The molecule has 0 aliphatic heterocycles. The normalized spacial score (nSPS) is 16.5. The van der Waals surface area contributed by atoms with Crippen LogP contribution < -0.4 is 10.6 Å². The van der Waals surface area contributed by atoms with E-state index in [0.29, 0.717) is 13.0 Å². The number of aliphatic hydroxyl groups is 1. The summed E-state index contributed by atoms with van der Waals surface area (Å²) in [4.78, 5) is 11.4. The molecule has 0 spiro atoms. The number of hydrogen-bond acceptors (Lipinski definition) is 3. The van der Waals surface area contributed by atoms with Gasteiger partial charge in [0.25, 0.3) is 0 Å². The Morgan fingerprint density at radius 2 is 2.07 bits per heavy atom. The second kappa shape index (κ2) is 7.43. The summed E-state index contributed by atoms with van der Waals surface area (Å²) < 4.78 is 0. The van der Waals surface area contributed by atoms with E-state index in [0.717, 1.165) is 0 Å². The highest BCUT2D eigenvalue weighted by molar-refractivity contribution is 5.81. The zero-order valence-corrected chi connectivity index (χ0v) is 9.79. The lowest BCUT2D eigenvalue weighted by atomic mass is 10.1. The number of aliphatic hydroxyl groups excluding tert-OH is 1. The van der Waals surface area contributed by atoms with Gasteiger partial charge in [-0.25, -0.2) is 0 Å². The van der Waals surface area contributed by atoms with E-state index >= 15 is 0 Å². The average Bonchev–Trinajstić information content (AvgIpc) is 2.12. The Morgan fingerprint density at radius 1 is 1.47 bits per heavy atom. The molecule has 0 aromatic heterocycles. The van der Waals surface area contributed by atoms with Crippen LogP contribution in [0, 0.1) is 0 Å². The van der Waals surface area contributed by atoms with Crippen molar-refractivity contribution in [2.24, 2.45) is 0 Å². The fraction of sp³-hybridized carbons (Fsp3) is 0.727. The zero-order valence-electron chi connectivity index (χ0n) is 9.79. The molecule has 0 aliphatic rings. The second-order valence-electron chi connectivity index (χ2n) is 3.91. The summed E-state index contributed by atoms with van der Waals surface area (Å²) in [6, 6.07) is -0.131. The Morgan fingerprint density at radius 3 is 2.53 bits per heavy atom. The SMILES string of the molecule is C=CCNC(=O)C(C)NC(C)CC(C)O. The predicted octanol–water partition coefficient (Wildman–Crippen LogP) is 0.426. The third-order valence-corrected chi connectivity index (χ3v) is 2.04. The minimum atomic E-state index is -0.351. The van der Waals surface area contributed by atoms with Gasteiger partial charge in [0.2, 0.25) is 5.91 Å². The summed E-state index contributed by atoms with van der Waals surface area (Å²) in [6.07, 6.45) is 1.93. The van der Waals surface area contributed by atoms with E-state index in [4.69, 9.17) is 5.11 Å². The zero-order chi connectivity index (χ0) is 11.8. The van der Waals surface area contributed by atoms with Crippen LogP contribution in [0.3, 0.4) is 0 Å². The van der Waals surface area contributed by atoms with E-state index < -0.39 is 0 Å². The molecule has 0 saturated carbocycles. The van der Waals surface area contributed by atoms with Crippen LogP contribution in [0.25, 0.3) is 0 Å². The summed E-state index contributed by atoms with van der Waals surface area (Å²) in [6.45, 7) is 9.49. The maximum absolute atomic E-state index is 11.4. The quantitative estimate of drug-likeness (QED) is 0.538. The van der Waals surface area contributed by atoms with E-state index in [-0.39, 0.29) is 24.1 Å². The van der Waals surface area contributed by atoms with Crippen LogP contribution in [0.2, 0.25) is 0 Å². The highest BCUT2D eigenvalue weighted by Gasteiger charge is 2.15. The lowest BCUT2D eigenvalue weighted by Crippen LogP contribution is -2.46. The van der Waals surface area contributed by atoms with E-state index in [9.17, 15) is 4.79 Å². The second-order valence-corrected chi connectivity index (χ2v) is 3.91. The average molecular weight is 214 g/mol. The summed E-state index contributed by atoms with van der Waals surface area (Å²) in [5.41, 5.74) is 0. The molecular weight excluding hydrogens is 192 g/mol. The molecule has 3 N–H and O–H groups in total. The Balaban J connectivity index is 3.84. The first-order valence-electron chi connectivity index (χ1n) is 5.30. The number of carbonyl (C=O) groups is 1. The predicted molar refractivity (Wildman–Crippen MR) is 61.6 cm³/mol. The molecule has 15 heavy (non-hydrogen) atoms. The lowest BCUT2D eigenvalue weighted by molar-refractivity contribution is -0.122. The van der Waals surface area contributed by atoms with Gasteiger partial charge in [0.05, 0.1) is 12.1 Å². The highest BCUT2D eigenvalue weighted by atomic mass is 16.3. The van der Waals surface area contributed by atoms with Crippen LogP contribution in [-0.2, 0) is 4.79 Å². The van der Waals surface area contributed by atoms with Crippen LogP contribution in [0.4, 0.5) is 0 Å². The summed E-state index contributed by atoms with van der Waals surface area (Å²) in [5, 5.41) is 15.0. The van der Waals surface area contributed by atoms with Gasteiger partial charge >= 0.3 is 0 Å². The molecule has 0 heterocycles. The van der Waals surface area contributed by atoms with Crippen molar-refractivity contribution in [3.63, 3.8) is 0 Å². The van der Waals surface area contributed by atoms with E-state index in [1.807, 2.05) is 6.92 Å². The number of rotatable bonds is 7.